The van der Waals surface area contributed by atoms with Crippen molar-refractivity contribution in [1.29, 1.82) is 0 Å². The van der Waals surface area contributed by atoms with Gasteiger partial charge >= 0.3 is 0 Å². The average Bonchev–Trinajstić information content (AvgIpc) is 2.27. The van der Waals surface area contributed by atoms with E-state index in [1.54, 1.807) is 6.92 Å². The van der Waals surface area contributed by atoms with Crippen LogP contribution in [0.4, 0.5) is 0 Å². The number of nitrogens with one attached hydrogen (secondary N) is 1. The molecule has 1 atom stereocenters. The molecule has 16 heavy (non-hydrogen) atoms. The SMILES string of the molecule is CCc1ccc2[nH]c(=O)cc(C(C)O)c2c1. The smallest absolute Gasteiger partial charge is 0.248 e. The molecule has 0 aliphatic heterocycles. The van der Waals surface area contributed by atoms with Crippen molar-refractivity contribution in [2.45, 2.75) is 26.4 Å². The molecule has 0 aliphatic carbocycles. The Hall–Kier alpha value is -1.61. The molecule has 2 N–H and O–H groups in total. The third-order valence-electron chi connectivity index (χ3n) is 2.80. The number of pyridine rings is 1. The topological polar surface area (TPSA) is 53.1 Å². The summed E-state index contributed by atoms with van der Waals surface area (Å²) in [7, 11) is 0. The summed E-state index contributed by atoms with van der Waals surface area (Å²) in [5, 5.41) is 10.6. The van der Waals surface area contributed by atoms with Crippen molar-refractivity contribution >= 4 is 10.9 Å². The zero-order valence-corrected chi connectivity index (χ0v) is 9.45. The van der Waals surface area contributed by atoms with E-state index in [0.717, 1.165) is 17.3 Å². The second kappa shape index (κ2) is 4.10. The number of fused-ring (bicyclic) bond motifs is 1. The molecular weight excluding hydrogens is 202 g/mol. The van der Waals surface area contributed by atoms with Gasteiger partial charge in [-0.25, -0.2) is 0 Å². The number of aromatic amines is 1. The van der Waals surface area contributed by atoms with E-state index < -0.39 is 6.10 Å². The van der Waals surface area contributed by atoms with Crippen LogP contribution in [-0.4, -0.2) is 10.1 Å². The van der Waals surface area contributed by atoms with Crippen LogP contribution in [0.1, 0.15) is 31.1 Å². The van der Waals surface area contributed by atoms with Crippen LogP contribution < -0.4 is 5.56 Å². The molecule has 3 nitrogen and oxygen atoms in total. The molecule has 0 spiro atoms. The van der Waals surface area contributed by atoms with Gasteiger partial charge in [0, 0.05) is 17.0 Å². The van der Waals surface area contributed by atoms with Crippen molar-refractivity contribution in [1.82, 2.24) is 4.98 Å². The van der Waals surface area contributed by atoms with Crippen LogP contribution >= 0.6 is 0 Å². The maximum Gasteiger partial charge on any atom is 0.248 e. The summed E-state index contributed by atoms with van der Waals surface area (Å²) in [6.45, 7) is 3.75. The Bertz CT molecular complexity index is 570. The lowest BCUT2D eigenvalue weighted by Gasteiger charge is -2.09. The molecule has 1 heterocycles. The van der Waals surface area contributed by atoms with Gasteiger partial charge in [0.15, 0.2) is 0 Å². The highest BCUT2D eigenvalue weighted by molar-refractivity contribution is 5.83. The van der Waals surface area contributed by atoms with Gasteiger partial charge in [0.1, 0.15) is 0 Å². The summed E-state index contributed by atoms with van der Waals surface area (Å²) < 4.78 is 0. The quantitative estimate of drug-likeness (QED) is 0.809. The molecule has 0 fully saturated rings. The van der Waals surface area contributed by atoms with Gasteiger partial charge in [0.25, 0.3) is 0 Å². The predicted octanol–water partition coefficient (Wildman–Crippen LogP) is 2.14. The number of H-pyrrole nitrogens is 1. The number of benzene rings is 1. The lowest BCUT2D eigenvalue weighted by molar-refractivity contribution is 0.200. The van der Waals surface area contributed by atoms with E-state index in [-0.39, 0.29) is 5.56 Å². The maximum absolute atomic E-state index is 11.4. The van der Waals surface area contributed by atoms with Gasteiger partial charge in [-0.15, -0.1) is 0 Å². The minimum absolute atomic E-state index is 0.173. The number of aliphatic hydroxyl groups excluding tert-OH is 1. The Kier molecular flexibility index (Phi) is 2.79. The summed E-state index contributed by atoms with van der Waals surface area (Å²) in [4.78, 5) is 14.2. The van der Waals surface area contributed by atoms with Crippen LogP contribution in [0.2, 0.25) is 0 Å². The highest BCUT2D eigenvalue weighted by Crippen LogP contribution is 2.22. The lowest BCUT2D eigenvalue weighted by Crippen LogP contribution is -2.08. The van der Waals surface area contributed by atoms with Gasteiger partial charge in [0.2, 0.25) is 5.56 Å². The van der Waals surface area contributed by atoms with E-state index in [1.807, 2.05) is 18.2 Å². The fourth-order valence-electron chi connectivity index (χ4n) is 1.89. The molecule has 0 amide bonds. The van der Waals surface area contributed by atoms with Crippen LogP contribution in [0.3, 0.4) is 0 Å². The Morgan fingerprint density at radius 1 is 1.38 bits per heavy atom. The Balaban J connectivity index is 2.80. The number of aliphatic hydroxyl groups is 1. The number of aryl methyl sites for hydroxylation is 1. The molecule has 2 aromatic rings. The Morgan fingerprint density at radius 3 is 2.75 bits per heavy atom. The summed E-state index contributed by atoms with van der Waals surface area (Å²) in [6.07, 6.45) is 0.311. The van der Waals surface area contributed by atoms with Gasteiger partial charge in [-0.05, 0) is 36.6 Å². The average molecular weight is 217 g/mol. The van der Waals surface area contributed by atoms with Crippen LogP contribution in [0.25, 0.3) is 10.9 Å². The largest absolute Gasteiger partial charge is 0.389 e. The molecule has 0 bridgehead atoms. The molecule has 1 aromatic carbocycles. The van der Waals surface area contributed by atoms with Gasteiger partial charge in [-0.2, -0.15) is 0 Å². The van der Waals surface area contributed by atoms with Gasteiger partial charge in [-0.1, -0.05) is 13.0 Å². The van der Waals surface area contributed by atoms with E-state index in [0.29, 0.717) is 5.56 Å². The minimum atomic E-state index is -0.628. The fraction of sp³-hybridized carbons (Fsp3) is 0.308. The van der Waals surface area contributed by atoms with Crippen molar-refractivity contribution in [3.8, 4) is 0 Å². The van der Waals surface area contributed by atoms with E-state index >= 15 is 0 Å². The van der Waals surface area contributed by atoms with E-state index in [9.17, 15) is 9.90 Å². The first-order chi connectivity index (χ1) is 7.61. The highest BCUT2D eigenvalue weighted by atomic mass is 16.3. The summed E-state index contributed by atoms with van der Waals surface area (Å²) in [5.41, 5.74) is 2.49. The van der Waals surface area contributed by atoms with Gasteiger partial charge in [0.05, 0.1) is 6.10 Å². The molecule has 84 valence electrons. The third kappa shape index (κ3) is 1.86. The number of rotatable bonds is 2. The van der Waals surface area contributed by atoms with E-state index in [1.165, 1.54) is 11.6 Å². The van der Waals surface area contributed by atoms with Crippen LogP contribution in [-0.2, 0) is 6.42 Å². The molecular formula is C13H15NO2. The summed E-state index contributed by atoms with van der Waals surface area (Å²) in [6, 6.07) is 7.37. The van der Waals surface area contributed by atoms with Gasteiger partial charge in [-0.3, -0.25) is 4.79 Å². The summed E-state index contributed by atoms with van der Waals surface area (Å²) in [5.74, 6) is 0. The van der Waals surface area contributed by atoms with Crippen LogP contribution in [0.5, 0.6) is 0 Å². The molecule has 0 aliphatic rings. The predicted molar refractivity (Wildman–Crippen MR) is 64.6 cm³/mol. The second-order valence-electron chi connectivity index (χ2n) is 4.00. The lowest BCUT2D eigenvalue weighted by atomic mass is 10.0. The Labute approximate surface area is 93.7 Å². The standard InChI is InChI=1S/C13H15NO2/c1-3-9-4-5-12-11(6-9)10(8(2)15)7-13(16)14-12/h4-8,15H,3H2,1-2H3,(H,14,16). The Morgan fingerprint density at radius 2 is 2.12 bits per heavy atom. The first-order valence-electron chi connectivity index (χ1n) is 5.45. The highest BCUT2D eigenvalue weighted by Gasteiger charge is 2.08. The zero-order chi connectivity index (χ0) is 11.7. The van der Waals surface area contributed by atoms with Crippen molar-refractivity contribution in [2.24, 2.45) is 0 Å². The molecule has 2 rings (SSSR count). The first-order valence-corrected chi connectivity index (χ1v) is 5.45. The molecule has 1 unspecified atom stereocenters. The molecule has 1 aromatic heterocycles. The van der Waals surface area contributed by atoms with Crippen LogP contribution in [0.15, 0.2) is 29.1 Å². The number of aromatic nitrogens is 1. The zero-order valence-electron chi connectivity index (χ0n) is 9.45. The monoisotopic (exact) mass is 217 g/mol. The summed E-state index contributed by atoms with van der Waals surface area (Å²) >= 11 is 0. The van der Waals surface area contributed by atoms with Crippen molar-refractivity contribution in [3.05, 3.63) is 45.7 Å². The normalized spacial score (nSPS) is 12.9. The van der Waals surface area contributed by atoms with Gasteiger partial charge < -0.3 is 10.1 Å². The molecule has 0 saturated carbocycles. The fourth-order valence-corrected chi connectivity index (χ4v) is 1.89. The third-order valence-corrected chi connectivity index (χ3v) is 2.80. The minimum Gasteiger partial charge on any atom is -0.389 e. The van der Waals surface area contributed by atoms with Crippen molar-refractivity contribution < 1.29 is 5.11 Å². The van der Waals surface area contributed by atoms with E-state index in [2.05, 4.69) is 11.9 Å². The molecule has 0 radical (unpaired) electrons. The number of hydrogen-bond donors (Lipinski definition) is 2. The van der Waals surface area contributed by atoms with Crippen LogP contribution in [0, 0.1) is 0 Å². The second-order valence-corrected chi connectivity index (χ2v) is 4.00. The molecule has 0 saturated heterocycles. The maximum atomic E-state index is 11.4. The van der Waals surface area contributed by atoms with Crippen molar-refractivity contribution in [2.75, 3.05) is 0 Å². The molecule has 3 heteroatoms. The first kappa shape index (κ1) is 10.9. The van der Waals surface area contributed by atoms with Crippen molar-refractivity contribution in [3.63, 3.8) is 0 Å². The van der Waals surface area contributed by atoms with E-state index in [4.69, 9.17) is 0 Å². The number of hydrogen-bond acceptors (Lipinski definition) is 2.